The first-order valence-electron chi connectivity index (χ1n) is 11.0. The number of ether oxygens (including phenoxy) is 2. The Bertz CT molecular complexity index is 954. The molecular formula is C24H32N2O5S. The normalized spacial score (nSPS) is 15.0. The first-order valence-corrected chi connectivity index (χ1v) is 12.5. The minimum absolute atomic E-state index is 0.0121. The Morgan fingerprint density at radius 3 is 2.25 bits per heavy atom. The maximum Gasteiger partial charge on any atom is 0.260 e. The molecule has 0 unspecified atom stereocenters. The predicted octanol–water partition coefficient (Wildman–Crippen LogP) is 3.32. The quantitative estimate of drug-likeness (QED) is 0.588. The standard InChI is InChI=1S/C24H32N2O5S/c1-19(2)17-30-22-8-10-23(11-9-22)32(28,29)25-16-20-12-14-26(15-13-20)24(27)18-31-21-6-4-3-5-7-21/h3-11,19-20,25H,12-18H2,1-2H3. The molecule has 174 valence electrons. The van der Waals surface area contributed by atoms with E-state index in [2.05, 4.69) is 18.6 Å². The number of likely N-dealkylation sites (tertiary alicyclic amines) is 1. The number of carbonyl (C=O) groups is 1. The van der Waals surface area contributed by atoms with Gasteiger partial charge in [-0.05, 0) is 61.1 Å². The van der Waals surface area contributed by atoms with E-state index in [1.807, 2.05) is 30.3 Å². The maximum atomic E-state index is 12.6. The van der Waals surface area contributed by atoms with E-state index < -0.39 is 10.0 Å². The van der Waals surface area contributed by atoms with E-state index in [1.54, 1.807) is 29.2 Å². The van der Waals surface area contributed by atoms with Gasteiger partial charge in [0.1, 0.15) is 11.5 Å². The van der Waals surface area contributed by atoms with Crippen LogP contribution in [0.15, 0.2) is 59.5 Å². The molecule has 0 aromatic heterocycles. The van der Waals surface area contributed by atoms with Crippen molar-refractivity contribution in [2.45, 2.75) is 31.6 Å². The molecule has 8 heteroatoms. The average molecular weight is 461 g/mol. The lowest BCUT2D eigenvalue weighted by molar-refractivity contribution is -0.134. The van der Waals surface area contributed by atoms with Gasteiger partial charge >= 0.3 is 0 Å². The number of piperidine rings is 1. The molecule has 0 aliphatic carbocycles. The van der Waals surface area contributed by atoms with E-state index in [-0.39, 0.29) is 23.3 Å². The van der Waals surface area contributed by atoms with Crippen LogP contribution < -0.4 is 14.2 Å². The fourth-order valence-corrected chi connectivity index (χ4v) is 4.54. The van der Waals surface area contributed by atoms with Crippen LogP contribution >= 0.6 is 0 Å². The number of benzene rings is 2. The Morgan fingerprint density at radius 2 is 1.62 bits per heavy atom. The molecule has 1 heterocycles. The van der Waals surface area contributed by atoms with Crippen LogP contribution in [0.5, 0.6) is 11.5 Å². The number of nitrogens with zero attached hydrogens (tertiary/aromatic N) is 1. The molecule has 0 atom stereocenters. The lowest BCUT2D eigenvalue weighted by atomic mass is 9.97. The highest BCUT2D eigenvalue weighted by Crippen LogP contribution is 2.20. The molecule has 1 saturated heterocycles. The molecule has 32 heavy (non-hydrogen) atoms. The van der Waals surface area contributed by atoms with Crippen molar-refractivity contribution in [2.24, 2.45) is 11.8 Å². The van der Waals surface area contributed by atoms with Gasteiger partial charge in [-0.3, -0.25) is 4.79 Å². The van der Waals surface area contributed by atoms with Crippen molar-refractivity contribution < 1.29 is 22.7 Å². The Balaban J connectivity index is 1.41. The van der Waals surface area contributed by atoms with Crippen LogP contribution in [0.2, 0.25) is 0 Å². The molecule has 0 bridgehead atoms. The van der Waals surface area contributed by atoms with Crippen LogP contribution in [0.1, 0.15) is 26.7 Å². The summed E-state index contributed by atoms with van der Waals surface area (Å²) in [6, 6.07) is 15.7. The lowest BCUT2D eigenvalue weighted by Gasteiger charge is -2.32. The van der Waals surface area contributed by atoms with Crippen LogP contribution in [0, 0.1) is 11.8 Å². The fourth-order valence-electron chi connectivity index (χ4n) is 3.43. The zero-order valence-electron chi connectivity index (χ0n) is 18.7. The topological polar surface area (TPSA) is 84.9 Å². The summed E-state index contributed by atoms with van der Waals surface area (Å²) in [5.74, 6) is 1.87. The van der Waals surface area contributed by atoms with Crippen molar-refractivity contribution in [3.63, 3.8) is 0 Å². The van der Waals surface area contributed by atoms with E-state index in [0.717, 1.165) is 12.8 Å². The molecule has 1 fully saturated rings. The van der Waals surface area contributed by atoms with Crippen molar-refractivity contribution >= 4 is 15.9 Å². The number of rotatable bonds is 10. The molecular weight excluding hydrogens is 428 g/mol. The Morgan fingerprint density at radius 1 is 1.00 bits per heavy atom. The molecule has 1 aliphatic heterocycles. The maximum absolute atomic E-state index is 12.6. The second-order valence-corrected chi connectivity index (χ2v) is 10.2. The summed E-state index contributed by atoms with van der Waals surface area (Å²) < 4.78 is 39.1. The number of para-hydroxylation sites is 1. The molecule has 1 amide bonds. The molecule has 7 nitrogen and oxygen atoms in total. The number of nitrogens with one attached hydrogen (secondary N) is 1. The smallest absolute Gasteiger partial charge is 0.260 e. The van der Waals surface area contributed by atoms with Gasteiger partial charge in [-0.1, -0.05) is 32.0 Å². The zero-order valence-corrected chi connectivity index (χ0v) is 19.5. The van der Waals surface area contributed by atoms with E-state index >= 15 is 0 Å². The second-order valence-electron chi connectivity index (χ2n) is 8.45. The van der Waals surface area contributed by atoms with Gasteiger partial charge < -0.3 is 14.4 Å². The van der Waals surface area contributed by atoms with Crippen molar-refractivity contribution in [1.82, 2.24) is 9.62 Å². The van der Waals surface area contributed by atoms with Gasteiger partial charge in [0.05, 0.1) is 11.5 Å². The summed E-state index contributed by atoms with van der Waals surface area (Å²) in [5, 5.41) is 0. The van der Waals surface area contributed by atoms with E-state index in [4.69, 9.17) is 9.47 Å². The molecule has 0 radical (unpaired) electrons. The van der Waals surface area contributed by atoms with Gasteiger partial charge in [-0.15, -0.1) is 0 Å². The van der Waals surface area contributed by atoms with E-state index in [9.17, 15) is 13.2 Å². The Kier molecular flexibility index (Phi) is 8.53. The van der Waals surface area contributed by atoms with Gasteiger partial charge in [0, 0.05) is 19.6 Å². The number of amides is 1. The van der Waals surface area contributed by atoms with Gasteiger partial charge in [0.2, 0.25) is 10.0 Å². The molecule has 2 aromatic rings. The highest BCUT2D eigenvalue weighted by atomic mass is 32.2. The third-order valence-electron chi connectivity index (χ3n) is 5.35. The highest BCUT2D eigenvalue weighted by Gasteiger charge is 2.24. The molecule has 1 aliphatic rings. The average Bonchev–Trinajstić information content (AvgIpc) is 2.81. The fraction of sp³-hybridized carbons (Fsp3) is 0.458. The molecule has 0 spiro atoms. The minimum Gasteiger partial charge on any atom is -0.493 e. The van der Waals surface area contributed by atoms with Crippen LogP contribution in [-0.2, 0) is 14.8 Å². The van der Waals surface area contributed by atoms with Crippen LogP contribution in [-0.4, -0.2) is 52.1 Å². The first-order chi connectivity index (χ1) is 15.3. The Hall–Kier alpha value is -2.58. The lowest BCUT2D eigenvalue weighted by Crippen LogP contribution is -2.43. The zero-order chi connectivity index (χ0) is 23.0. The minimum atomic E-state index is -3.58. The van der Waals surface area contributed by atoms with E-state index in [1.165, 1.54) is 0 Å². The van der Waals surface area contributed by atoms with Crippen LogP contribution in [0.3, 0.4) is 0 Å². The van der Waals surface area contributed by atoms with E-state index in [0.29, 0.717) is 43.7 Å². The summed E-state index contributed by atoms with van der Waals surface area (Å²) in [7, 11) is -3.58. The molecule has 1 N–H and O–H groups in total. The van der Waals surface area contributed by atoms with Gasteiger partial charge in [0.15, 0.2) is 6.61 Å². The first kappa shape index (κ1) is 24.1. The van der Waals surface area contributed by atoms with Crippen molar-refractivity contribution in [3.8, 4) is 11.5 Å². The van der Waals surface area contributed by atoms with Crippen LogP contribution in [0.25, 0.3) is 0 Å². The van der Waals surface area contributed by atoms with Gasteiger partial charge in [-0.25, -0.2) is 13.1 Å². The van der Waals surface area contributed by atoms with Gasteiger partial charge in [-0.2, -0.15) is 0 Å². The summed E-state index contributed by atoms with van der Waals surface area (Å²) in [6.07, 6.45) is 1.50. The number of sulfonamides is 1. The third-order valence-corrected chi connectivity index (χ3v) is 6.79. The van der Waals surface area contributed by atoms with Crippen molar-refractivity contribution in [1.29, 1.82) is 0 Å². The Labute approximate surface area is 190 Å². The summed E-state index contributed by atoms with van der Waals surface area (Å²) in [6.45, 7) is 6.28. The predicted molar refractivity (Wildman–Crippen MR) is 123 cm³/mol. The number of hydrogen-bond acceptors (Lipinski definition) is 5. The van der Waals surface area contributed by atoms with Crippen molar-refractivity contribution in [3.05, 3.63) is 54.6 Å². The summed E-state index contributed by atoms with van der Waals surface area (Å²) in [4.78, 5) is 14.4. The van der Waals surface area contributed by atoms with Crippen molar-refractivity contribution in [2.75, 3.05) is 32.8 Å². The molecule has 0 saturated carbocycles. The SMILES string of the molecule is CC(C)COc1ccc(S(=O)(=O)NCC2CCN(C(=O)COc3ccccc3)CC2)cc1. The summed E-state index contributed by atoms with van der Waals surface area (Å²) in [5.41, 5.74) is 0. The third kappa shape index (κ3) is 7.24. The van der Waals surface area contributed by atoms with Gasteiger partial charge in [0.25, 0.3) is 5.91 Å². The summed E-state index contributed by atoms with van der Waals surface area (Å²) >= 11 is 0. The second kappa shape index (κ2) is 11.3. The largest absolute Gasteiger partial charge is 0.493 e. The molecule has 2 aromatic carbocycles. The van der Waals surface area contributed by atoms with Crippen LogP contribution in [0.4, 0.5) is 0 Å². The molecule has 3 rings (SSSR count). The monoisotopic (exact) mass is 460 g/mol. The highest BCUT2D eigenvalue weighted by molar-refractivity contribution is 7.89. The number of hydrogen-bond donors (Lipinski definition) is 1. The number of carbonyl (C=O) groups excluding carboxylic acids is 1.